The quantitative estimate of drug-likeness (QED) is 0.348. The van der Waals surface area contributed by atoms with Crippen molar-refractivity contribution in [3.05, 3.63) is 0 Å². The van der Waals surface area contributed by atoms with E-state index in [4.69, 9.17) is 0 Å². The molecule has 1 unspecified atom stereocenters. The molecule has 1 atom stereocenters. The molecule has 0 saturated heterocycles. The number of carbonyl (C=O) groups is 1. The van der Waals surface area contributed by atoms with E-state index in [-0.39, 0.29) is 0 Å². The van der Waals surface area contributed by atoms with Gasteiger partial charge in [-0.1, -0.05) is 17.9 Å². The second kappa shape index (κ2) is 6.25. The van der Waals surface area contributed by atoms with Gasteiger partial charge in [-0.3, -0.25) is 0 Å². The first-order chi connectivity index (χ1) is 5.16. The summed E-state index contributed by atoms with van der Waals surface area (Å²) in [7, 11) is -2.64. The molecule has 11 heavy (non-hydrogen) atoms. The summed E-state index contributed by atoms with van der Waals surface area (Å²) in [5.74, 6) is -0.658. The van der Waals surface area contributed by atoms with Crippen LogP contribution in [0.15, 0.2) is 0 Å². The number of hydrogen-bond donors (Lipinski definition) is 0. The molecular weight excluding hydrogens is 167 g/mol. The predicted octanol–water partition coefficient (Wildman–Crippen LogP) is 0.432. The van der Waals surface area contributed by atoms with Crippen LogP contribution in [-0.2, 0) is 14.1 Å². The first-order valence-corrected chi connectivity index (χ1v) is 4.80. The van der Waals surface area contributed by atoms with E-state index in [0.29, 0.717) is 6.61 Å². The van der Waals surface area contributed by atoms with Gasteiger partial charge >= 0.3 is 14.0 Å². The lowest BCUT2D eigenvalue weighted by Gasteiger charge is -1.98. The number of unbranched alkanes of at least 4 members (excludes halogenated alkanes) is 1. The van der Waals surface area contributed by atoms with Crippen LogP contribution in [0.1, 0.15) is 19.8 Å². The topological polar surface area (TPSA) is 66.4 Å². The number of hydrogen-bond acceptors (Lipinski definition) is 4. The summed E-state index contributed by atoms with van der Waals surface area (Å²) >= 11 is 0. The highest BCUT2D eigenvalue weighted by molar-refractivity contribution is 7.37. The van der Waals surface area contributed by atoms with Crippen molar-refractivity contribution in [1.82, 2.24) is 0 Å². The number of rotatable bonds is 5. The molecule has 0 fully saturated rings. The summed E-state index contributed by atoms with van der Waals surface area (Å²) in [5.41, 5.74) is 0. The molecule has 0 radical (unpaired) electrons. The number of carbonyl (C=O) groups excluding carboxylic acids is 1. The zero-order valence-corrected chi connectivity index (χ0v) is 7.30. The minimum Gasteiger partial charge on any atom is -0.595 e. The SMILES string of the molecule is CCCCOC(=O)C[P+](=O)[O-]. The van der Waals surface area contributed by atoms with Gasteiger partial charge in [0.05, 0.1) is 6.61 Å². The molecule has 0 aliphatic rings. The maximum absolute atomic E-state index is 10.5. The monoisotopic (exact) mass is 178 g/mol. The normalized spacial score (nSPS) is 10.9. The van der Waals surface area contributed by atoms with Crippen LogP contribution in [0.5, 0.6) is 0 Å². The molecule has 0 rings (SSSR count). The third kappa shape index (κ3) is 7.43. The highest BCUT2D eigenvalue weighted by Crippen LogP contribution is 2.06. The molecule has 0 N–H and O–H groups in total. The highest BCUT2D eigenvalue weighted by Gasteiger charge is 2.11. The summed E-state index contributed by atoms with van der Waals surface area (Å²) in [6.07, 6.45) is 1.21. The van der Waals surface area contributed by atoms with Crippen molar-refractivity contribution < 1.29 is 19.0 Å². The van der Waals surface area contributed by atoms with Crippen molar-refractivity contribution >= 4 is 14.0 Å². The average molecular weight is 178 g/mol. The lowest BCUT2D eigenvalue weighted by atomic mass is 10.4. The minimum atomic E-state index is -2.64. The molecule has 0 aromatic carbocycles. The molecule has 0 aromatic heterocycles. The van der Waals surface area contributed by atoms with Gasteiger partial charge in [-0.2, -0.15) is 0 Å². The summed E-state index contributed by atoms with van der Waals surface area (Å²) in [5, 5.41) is 0. The Morgan fingerprint density at radius 3 is 2.73 bits per heavy atom. The Bertz CT molecular complexity index is 146. The van der Waals surface area contributed by atoms with Gasteiger partial charge in [-0.05, 0) is 6.42 Å². The molecule has 0 amide bonds. The summed E-state index contributed by atoms with van der Waals surface area (Å²) in [4.78, 5) is 20.5. The van der Waals surface area contributed by atoms with Crippen molar-refractivity contribution in [3.8, 4) is 0 Å². The highest BCUT2D eigenvalue weighted by atomic mass is 31.1. The van der Waals surface area contributed by atoms with Crippen LogP contribution in [-0.4, -0.2) is 18.7 Å². The average Bonchev–Trinajstić information content (AvgIpc) is 1.86. The first-order valence-electron chi connectivity index (χ1n) is 3.44. The Morgan fingerprint density at radius 1 is 1.64 bits per heavy atom. The van der Waals surface area contributed by atoms with Gasteiger partial charge in [0.15, 0.2) is 0 Å². The molecule has 0 bridgehead atoms. The zero-order chi connectivity index (χ0) is 8.69. The van der Waals surface area contributed by atoms with Crippen LogP contribution >= 0.6 is 8.03 Å². The van der Waals surface area contributed by atoms with E-state index in [1.807, 2.05) is 6.92 Å². The first kappa shape index (κ1) is 10.5. The van der Waals surface area contributed by atoms with Gasteiger partial charge in [0.2, 0.25) is 6.16 Å². The van der Waals surface area contributed by atoms with E-state index in [2.05, 4.69) is 4.74 Å². The van der Waals surface area contributed by atoms with E-state index < -0.39 is 20.2 Å². The molecule has 5 heteroatoms. The van der Waals surface area contributed by atoms with Crippen molar-refractivity contribution in [2.45, 2.75) is 19.8 Å². The van der Waals surface area contributed by atoms with E-state index in [1.165, 1.54) is 0 Å². The van der Waals surface area contributed by atoms with Gasteiger partial charge in [-0.15, -0.1) is 0 Å². The molecule has 0 aliphatic heterocycles. The minimum absolute atomic E-state index is 0.318. The fourth-order valence-electron chi connectivity index (χ4n) is 0.481. The molecule has 4 nitrogen and oxygen atoms in total. The number of ether oxygens (including phenoxy) is 1. The molecular formula is C6H11O4P. The Kier molecular flexibility index (Phi) is 5.99. The van der Waals surface area contributed by atoms with Crippen LogP contribution < -0.4 is 4.89 Å². The van der Waals surface area contributed by atoms with Gasteiger partial charge in [0, 0.05) is 0 Å². The molecule has 0 heterocycles. The van der Waals surface area contributed by atoms with E-state index in [0.717, 1.165) is 12.8 Å². The van der Waals surface area contributed by atoms with Crippen molar-refractivity contribution in [2.24, 2.45) is 0 Å². The molecule has 0 aromatic rings. The lowest BCUT2D eigenvalue weighted by Crippen LogP contribution is -2.10. The van der Waals surface area contributed by atoms with Crippen LogP contribution in [0.3, 0.4) is 0 Å². The second-order valence-corrected chi connectivity index (χ2v) is 3.05. The van der Waals surface area contributed by atoms with E-state index in [9.17, 15) is 14.3 Å². The maximum atomic E-state index is 10.5. The standard InChI is InChI=1S/C6H11O4P/c1-2-3-4-10-6(7)5-11(8)9/h2-5H2,1H3. The van der Waals surface area contributed by atoms with Crippen LogP contribution in [0.25, 0.3) is 0 Å². The molecule has 0 aliphatic carbocycles. The maximum Gasteiger partial charge on any atom is 0.354 e. The summed E-state index contributed by atoms with van der Waals surface area (Å²) in [6, 6.07) is 0. The van der Waals surface area contributed by atoms with E-state index in [1.54, 1.807) is 0 Å². The Balaban J connectivity index is 3.30. The third-order valence-electron chi connectivity index (χ3n) is 1.02. The van der Waals surface area contributed by atoms with Crippen LogP contribution in [0.2, 0.25) is 0 Å². The fraction of sp³-hybridized carbons (Fsp3) is 0.833. The Morgan fingerprint density at radius 2 is 2.27 bits per heavy atom. The molecule has 0 spiro atoms. The van der Waals surface area contributed by atoms with Gasteiger partial charge in [-0.25, -0.2) is 4.79 Å². The van der Waals surface area contributed by atoms with E-state index >= 15 is 0 Å². The van der Waals surface area contributed by atoms with Crippen LogP contribution in [0, 0.1) is 0 Å². The number of esters is 1. The van der Waals surface area contributed by atoms with Crippen LogP contribution in [0.4, 0.5) is 0 Å². The zero-order valence-electron chi connectivity index (χ0n) is 6.41. The van der Waals surface area contributed by atoms with Crippen molar-refractivity contribution in [1.29, 1.82) is 0 Å². The summed E-state index contributed by atoms with van der Waals surface area (Å²) < 4.78 is 14.5. The van der Waals surface area contributed by atoms with Gasteiger partial charge < -0.3 is 9.63 Å². The Labute approximate surface area is 66.4 Å². The molecule has 0 saturated carbocycles. The fourth-order valence-corrected chi connectivity index (χ4v) is 0.784. The molecule has 64 valence electrons. The lowest BCUT2D eigenvalue weighted by molar-refractivity contribution is -0.166. The van der Waals surface area contributed by atoms with Crippen molar-refractivity contribution in [3.63, 3.8) is 0 Å². The predicted molar refractivity (Wildman–Crippen MR) is 38.3 cm³/mol. The van der Waals surface area contributed by atoms with Gasteiger partial charge in [0.25, 0.3) is 0 Å². The van der Waals surface area contributed by atoms with Gasteiger partial charge in [0.1, 0.15) is 0 Å². The third-order valence-corrected chi connectivity index (χ3v) is 1.54. The second-order valence-electron chi connectivity index (χ2n) is 2.06. The van der Waals surface area contributed by atoms with Crippen molar-refractivity contribution in [2.75, 3.05) is 12.8 Å². The largest absolute Gasteiger partial charge is 0.595 e. The Hall–Kier alpha value is -0.470. The summed E-state index contributed by atoms with van der Waals surface area (Å²) in [6.45, 7) is 2.28. The smallest absolute Gasteiger partial charge is 0.354 e.